The van der Waals surface area contributed by atoms with Crippen LogP contribution in [0, 0.1) is 6.92 Å². The molecule has 0 saturated heterocycles. The van der Waals surface area contributed by atoms with Crippen molar-refractivity contribution >= 4 is 23.5 Å². The smallest absolute Gasteiger partial charge is 0.306 e. The van der Waals surface area contributed by atoms with Gasteiger partial charge in [-0.05, 0) is 36.6 Å². The van der Waals surface area contributed by atoms with Gasteiger partial charge in [0.25, 0.3) is 0 Å². The summed E-state index contributed by atoms with van der Waals surface area (Å²) in [5.74, 6) is -0.754. The third kappa shape index (κ3) is 7.46. The minimum atomic E-state index is -0.403. The number of hydrogen-bond donors (Lipinski definition) is 0. The standard InChI is InChI=1S/C17H23ClO4/c1-3-4-5-10-21-16(19)8-9-17(20)22-12-14-6-7-15(18)11-13(14)2/h6-7,11H,3-5,8-10,12H2,1-2H3. The van der Waals surface area contributed by atoms with Gasteiger partial charge in [0.2, 0.25) is 0 Å². The molecule has 1 rings (SSSR count). The van der Waals surface area contributed by atoms with Crippen LogP contribution in [0.2, 0.25) is 5.02 Å². The summed E-state index contributed by atoms with van der Waals surface area (Å²) in [5, 5.41) is 0.651. The van der Waals surface area contributed by atoms with Crippen molar-refractivity contribution in [3.05, 3.63) is 34.3 Å². The van der Waals surface area contributed by atoms with Crippen LogP contribution in [0.3, 0.4) is 0 Å². The van der Waals surface area contributed by atoms with Crippen molar-refractivity contribution in [2.45, 2.75) is 52.6 Å². The first-order valence-corrected chi connectivity index (χ1v) is 7.97. The number of benzene rings is 1. The zero-order valence-electron chi connectivity index (χ0n) is 13.2. The van der Waals surface area contributed by atoms with E-state index in [1.54, 1.807) is 6.07 Å². The number of aryl methyl sites for hydroxylation is 1. The van der Waals surface area contributed by atoms with Crippen LogP contribution in [0.1, 0.15) is 50.2 Å². The fourth-order valence-corrected chi connectivity index (χ4v) is 2.09. The van der Waals surface area contributed by atoms with Crippen molar-refractivity contribution in [3.63, 3.8) is 0 Å². The number of esters is 2. The van der Waals surface area contributed by atoms with E-state index in [1.807, 2.05) is 19.1 Å². The fourth-order valence-electron chi connectivity index (χ4n) is 1.87. The zero-order valence-corrected chi connectivity index (χ0v) is 13.9. The molecule has 1 aromatic carbocycles. The average Bonchev–Trinajstić information content (AvgIpc) is 2.48. The van der Waals surface area contributed by atoms with Crippen molar-refractivity contribution in [3.8, 4) is 0 Å². The van der Waals surface area contributed by atoms with Gasteiger partial charge in [-0.25, -0.2) is 0 Å². The van der Waals surface area contributed by atoms with Gasteiger partial charge >= 0.3 is 11.9 Å². The van der Waals surface area contributed by atoms with Gasteiger partial charge in [0.1, 0.15) is 6.61 Å². The Hall–Kier alpha value is -1.55. The number of carbonyl (C=O) groups is 2. The van der Waals surface area contributed by atoms with E-state index in [-0.39, 0.29) is 25.4 Å². The quantitative estimate of drug-likeness (QED) is 0.504. The highest BCUT2D eigenvalue weighted by Gasteiger charge is 2.10. The number of hydrogen-bond acceptors (Lipinski definition) is 4. The van der Waals surface area contributed by atoms with Crippen molar-refractivity contribution in [1.82, 2.24) is 0 Å². The number of rotatable bonds is 9. The van der Waals surface area contributed by atoms with Crippen molar-refractivity contribution in [2.75, 3.05) is 6.61 Å². The second-order valence-corrected chi connectivity index (χ2v) is 5.60. The van der Waals surface area contributed by atoms with Crippen LogP contribution in [0.15, 0.2) is 18.2 Å². The summed E-state index contributed by atoms with van der Waals surface area (Å²) < 4.78 is 10.2. The monoisotopic (exact) mass is 326 g/mol. The molecular weight excluding hydrogens is 304 g/mol. The summed E-state index contributed by atoms with van der Waals surface area (Å²) in [6, 6.07) is 5.40. The van der Waals surface area contributed by atoms with Gasteiger partial charge < -0.3 is 9.47 Å². The molecule has 0 amide bonds. The minimum Gasteiger partial charge on any atom is -0.466 e. The highest BCUT2D eigenvalue weighted by atomic mass is 35.5. The van der Waals surface area contributed by atoms with Gasteiger partial charge in [0, 0.05) is 5.02 Å². The maximum absolute atomic E-state index is 11.6. The molecule has 0 saturated carbocycles. The van der Waals surface area contributed by atoms with Crippen molar-refractivity contribution < 1.29 is 19.1 Å². The normalized spacial score (nSPS) is 10.3. The first kappa shape index (κ1) is 18.5. The summed E-state index contributed by atoms with van der Waals surface area (Å²) >= 11 is 5.87. The second kappa shape index (κ2) is 10.2. The first-order chi connectivity index (χ1) is 10.5. The molecule has 122 valence electrons. The van der Waals surface area contributed by atoms with Gasteiger partial charge in [-0.3, -0.25) is 9.59 Å². The molecule has 0 aliphatic heterocycles. The van der Waals surface area contributed by atoms with Crippen LogP contribution >= 0.6 is 11.6 Å². The van der Waals surface area contributed by atoms with E-state index in [4.69, 9.17) is 21.1 Å². The highest BCUT2D eigenvalue weighted by molar-refractivity contribution is 6.30. The number of carbonyl (C=O) groups excluding carboxylic acids is 2. The summed E-state index contributed by atoms with van der Waals surface area (Å²) in [4.78, 5) is 23.1. The van der Waals surface area contributed by atoms with E-state index >= 15 is 0 Å². The lowest BCUT2D eigenvalue weighted by atomic mass is 10.1. The van der Waals surface area contributed by atoms with E-state index in [0.29, 0.717) is 11.6 Å². The largest absolute Gasteiger partial charge is 0.466 e. The lowest BCUT2D eigenvalue weighted by Crippen LogP contribution is -2.11. The summed E-state index contributed by atoms with van der Waals surface area (Å²) in [6.45, 7) is 4.60. The maximum Gasteiger partial charge on any atom is 0.306 e. The van der Waals surface area contributed by atoms with E-state index in [1.165, 1.54) is 0 Å². The Kier molecular flexibility index (Phi) is 8.60. The molecule has 0 N–H and O–H groups in total. The van der Waals surface area contributed by atoms with Crippen LogP contribution in [-0.2, 0) is 25.7 Å². The Morgan fingerprint density at radius 3 is 2.41 bits per heavy atom. The molecule has 0 bridgehead atoms. The lowest BCUT2D eigenvalue weighted by Gasteiger charge is -2.08. The molecule has 0 heterocycles. The summed E-state index contributed by atoms with van der Waals surface area (Å²) in [5.41, 5.74) is 1.87. The van der Waals surface area contributed by atoms with Crippen molar-refractivity contribution in [2.24, 2.45) is 0 Å². The van der Waals surface area contributed by atoms with Gasteiger partial charge in [-0.1, -0.05) is 37.4 Å². The molecule has 0 aromatic heterocycles. The molecule has 1 aromatic rings. The van der Waals surface area contributed by atoms with Gasteiger partial charge in [0.15, 0.2) is 0 Å². The Labute approximate surface area is 136 Å². The third-order valence-electron chi connectivity index (χ3n) is 3.24. The Balaban J connectivity index is 2.22. The van der Waals surface area contributed by atoms with Gasteiger partial charge in [-0.15, -0.1) is 0 Å². The molecule has 0 aliphatic carbocycles. The predicted molar refractivity (Wildman–Crippen MR) is 85.7 cm³/mol. The third-order valence-corrected chi connectivity index (χ3v) is 3.47. The number of ether oxygens (including phenoxy) is 2. The fraction of sp³-hybridized carbons (Fsp3) is 0.529. The Bertz CT molecular complexity index is 499. The SMILES string of the molecule is CCCCCOC(=O)CCC(=O)OCc1ccc(Cl)cc1C. The molecule has 4 nitrogen and oxygen atoms in total. The second-order valence-electron chi connectivity index (χ2n) is 5.16. The molecule has 0 fully saturated rings. The Morgan fingerprint density at radius 2 is 1.77 bits per heavy atom. The first-order valence-electron chi connectivity index (χ1n) is 7.59. The van der Waals surface area contributed by atoms with Crippen LogP contribution in [0.25, 0.3) is 0 Å². The summed E-state index contributed by atoms with van der Waals surface area (Å²) in [6.07, 6.45) is 3.08. The number of halogens is 1. The van der Waals surface area contributed by atoms with Gasteiger partial charge in [0.05, 0.1) is 19.4 Å². The summed E-state index contributed by atoms with van der Waals surface area (Å²) in [7, 11) is 0. The van der Waals surface area contributed by atoms with Crippen molar-refractivity contribution in [1.29, 1.82) is 0 Å². The highest BCUT2D eigenvalue weighted by Crippen LogP contribution is 2.16. The van der Waals surface area contributed by atoms with E-state index in [9.17, 15) is 9.59 Å². The minimum absolute atomic E-state index is 0.0409. The molecule has 0 radical (unpaired) electrons. The molecule has 22 heavy (non-hydrogen) atoms. The Morgan fingerprint density at radius 1 is 1.09 bits per heavy atom. The average molecular weight is 327 g/mol. The van der Waals surface area contributed by atoms with E-state index < -0.39 is 5.97 Å². The lowest BCUT2D eigenvalue weighted by molar-refractivity contribution is -0.151. The van der Waals surface area contributed by atoms with Crippen LogP contribution in [-0.4, -0.2) is 18.5 Å². The molecule has 0 atom stereocenters. The van der Waals surface area contributed by atoms with Crippen LogP contribution in [0.5, 0.6) is 0 Å². The molecule has 0 aliphatic rings. The van der Waals surface area contributed by atoms with E-state index in [2.05, 4.69) is 6.92 Å². The molecule has 0 unspecified atom stereocenters. The van der Waals surface area contributed by atoms with Crippen LogP contribution < -0.4 is 0 Å². The van der Waals surface area contributed by atoms with E-state index in [0.717, 1.165) is 30.4 Å². The zero-order chi connectivity index (χ0) is 16.4. The number of unbranched alkanes of at least 4 members (excludes halogenated alkanes) is 2. The predicted octanol–water partition coefficient (Wildman–Crippen LogP) is 4.21. The maximum atomic E-state index is 11.6. The molecule has 0 spiro atoms. The van der Waals surface area contributed by atoms with Crippen LogP contribution in [0.4, 0.5) is 0 Å². The molecular formula is C17H23ClO4. The molecule has 5 heteroatoms. The van der Waals surface area contributed by atoms with Gasteiger partial charge in [-0.2, -0.15) is 0 Å². The topological polar surface area (TPSA) is 52.6 Å².